The smallest absolute Gasteiger partial charge is 0.256 e. The molecule has 1 saturated heterocycles. The van der Waals surface area contributed by atoms with Crippen LogP contribution >= 0.6 is 27.3 Å². The molecule has 4 rings (SSSR count). The fourth-order valence-corrected chi connectivity index (χ4v) is 4.85. The Balaban J connectivity index is 1.54. The summed E-state index contributed by atoms with van der Waals surface area (Å²) in [4.78, 5) is 27.1. The van der Waals surface area contributed by atoms with Crippen molar-refractivity contribution in [2.75, 3.05) is 31.6 Å². The van der Waals surface area contributed by atoms with Crippen molar-refractivity contribution in [2.24, 2.45) is 5.73 Å². The number of nitrogens with two attached hydrogens (primary N) is 1. The number of ether oxygens (including phenoxy) is 1. The van der Waals surface area contributed by atoms with Crippen LogP contribution < -0.4 is 11.1 Å². The standard InChI is InChI=1S/C21H20BrN3O4S/c22-15-9-14-17(10-16(15)26)30-21(18(14)19(23)27)24-20(28)13-3-1-12(2-4-13)11-25-5-7-29-8-6-25/h1-4,9-10,26H,5-8,11H2,(H2,23,27)(H,24,28). The molecule has 7 nitrogen and oxygen atoms in total. The van der Waals surface area contributed by atoms with E-state index in [1.54, 1.807) is 18.2 Å². The zero-order valence-corrected chi connectivity index (χ0v) is 18.4. The Hall–Kier alpha value is -2.46. The van der Waals surface area contributed by atoms with Gasteiger partial charge in [0.2, 0.25) is 0 Å². The zero-order chi connectivity index (χ0) is 21.3. The Morgan fingerprint density at radius 3 is 2.57 bits per heavy atom. The number of nitrogens with one attached hydrogen (secondary N) is 1. The van der Waals surface area contributed by atoms with Crippen molar-refractivity contribution >= 4 is 54.2 Å². The number of aromatic hydroxyl groups is 1. The van der Waals surface area contributed by atoms with Crippen molar-refractivity contribution in [1.82, 2.24) is 4.90 Å². The summed E-state index contributed by atoms with van der Waals surface area (Å²) in [5, 5.41) is 13.6. The fraction of sp³-hybridized carbons (Fsp3) is 0.238. The number of hydrogen-bond acceptors (Lipinski definition) is 6. The number of primary amides is 1. The highest BCUT2D eigenvalue weighted by atomic mass is 79.9. The van der Waals surface area contributed by atoms with Gasteiger partial charge in [0.1, 0.15) is 10.8 Å². The van der Waals surface area contributed by atoms with E-state index in [0.717, 1.165) is 38.4 Å². The Labute approximate surface area is 185 Å². The summed E-state index contributed by atoms with van der Waals surface area (Å²) in [6, 6.07) is 10.6. The molecule has 0 bridgehead atoms. The number of carbonyl (C=O) groups is 2. The first-order chi connectivity index (χ1) is 14.4. The van der Waals surface area contributed by atoms with E-state index in [9.17, 15) is 14.7 Å². The molecule has 2 amide bonds. The number of phenols is 1. The van der Waals surface area contributed by atoms with E-state index in [2.05, 4.69) is 26.1 Å². The van der Waals surface area contributed by atoms with E-state index in [1.807, 2.05) is 12.1 Å². The average Bonchev–Trinajstić information content (AvgIpc) is 3.06. The van der Waals surface area contributed by atoms with Gasteiger partial charge in [0.05, 0.1) is 23.2 Å². The Kier molecular flexibility index (Phi) is 6.05. The number of phenolic OH excluding ortho intramolecular Hbond substituents is 1. The number of amides is 2. The second-order valence-corrected chi connectivity index (χ2v) is 8.92. The van der Waals surface area contributed by atoms with Crippen molar-refractivity contribution < 1.29 is 19.4 Å². The lowest BCUT2D eigenvalue weighted by atomic mass is 10.1. The van der Waals surface area contributed by atoms with Gasteiger partial charge in [0, 0.05) is 35.3 Å². The summed E-state index contributed by atoms with van der Waals surface area (Å²) >= 11 is 4.44. The minimum Gasteiger partial charge on any atom is -0.507 e. The van der Waals surface area contributed by atoms with Gasteiger partial charge in [0.25, 0.3) is 11.8 Å². The van der Waals surface area contributed by atoms with E-state index in [1.165, 1.54) is 17.4 Å². The molecule has 156 valence electrons. The summed E-state index contributed by atoms with van der Waals surface area (Å²) in [6.07, 6.45) is 0. The number of fused-ring (bicyclic) bond motifs is 1. The highest BCUT2D eigenvalue weighted by molar-refractivity contribution is 9.10. The first-order valence-corrected chi connectivity index (χ1v) is 11.0. The minimum absolute atomic E-state index is 0.0495. The van der Waals surface area contributed by atoms with Crippen LogP contribution in [0.3, 0.4) is 0 Å². The number of thiophene rings is 1. The summed E-state index contributed by atoms with van der Waals surface area (Å²) in [7, 11) is 0. The molecule has 30 heavy (non-hydrogen) atoms. The molecule has 9 heteroatoms. The molecular formula is C21H20BrN3O4S. The molecule has 2 aromatic carbocycles. The van der Waals surface area contributed by atoms with Crippen LogP contribution in [0.15, 0.2) is 40.9 Å². The number of benzene rings is 2. The SMILES string of the molecule is NC(=O)c1c(NC(=O)c2ccc(CN3CCOCC3)cc2)sc2cc(O)c(Br)cc12. The van der Waals surface area contributed by atoms with Gasteiger partial charge in [-0.05, 0) is 45.8 Å². The maximum Gasteiger partial charge on any atom is 0.256 e. The molecule has 1 aromatic heterocycles. The highest BCUT2D eigenvalue weighted by Gasteiger charge is 2.21. The van der Waals surface area contributed by atoms with Crippen molar-refractivity contribution in [3.63, 3.8) is 0 Å². The normalized spacial score (nSPS) is 14.7. The van der Waals surface area contributed by atoms with Gasteiger partial charge in [-0.1, -0.05) is 12.1 Å². The van der Waals surface area contributed by atoms with Crippen LogP contribution in [0.5, 0.6) is 5.75 Å². The van der Waals surface area contributed by atoms with Gasteiger partial charge in [-0.3, -0.25) is 14.5 Å². The Bertz CT molecular complexity index is 1110. The topological polar surface area (TPSA) is 105 Å². The molecule has 0 aliphatic carbocycles. The quantitative estimate of drug-likeness (QED) is 0.508. The van der Waals surface area contributed by atoms with Gasteiger partial charge in [0.15, 0.2) is 0 Å². The number of morpholine rings is 1. The molecule has 2 heterocycles. The second-order valence-electron chi connectivity index (χ2n) is 7.01. The zero-order valence-electron chi connectivity index (χ0n) is 16.0. The molecule has 0 saturated carbocycles. The molecule has 0 atom stereocenters. The number of carbonyl (C=O) groups excluding carboxylic acids is 2. The number of anilines is 1. The van der Waals surface area contributed by atoms with Crippen molar-refractivity contribution in [3.8, 4) is 5.75 Å². The summed E-state index contributed by atoms with van der Waals surface area (Å²) in [5.74, 6) is -0.922. The van der Waals surface area contributed by atoms with Crippen molar-refractivity contribution in [3.05, 3.63) is 57.6 Å². The van der Waals surface area contributed by atoms with Crippen molar-refractivity contribution in [1.29, 1.82) is 0 Å². The van der Waals surface area contributed by atoms with E-state index >= 15 is 0 Å². The lowest BCUT2D eigenvalue weighted by molar-refractivity contribution is 0.0342. The van der Waals surface area contributed by atoms with E-state index in [-0.39, 0.29) is 17.2 Å². The monoisotopic (exact) mass is 489 g/mol. The third-order valence-electron chi connectivity index (χ3n) is 4.96. The van der Waals surface area contributed by atoms with E-state index < -0.39 is 5.91 Å². The number of nitrogens with zero attached hydrogens (tertiary/aromatic N) is 1. The van der Waals surface area contributed by atoms with Crippen LogP contribution in [-0.4, -0.2) is 48.1 Å². The third kappa shape index (κ3) is 4.34. The lowest BCUT2D eigenvalue weighted by Crippen LogP contribution is -2.35. The minimum atomic E-state index is -0.644. The molecule has 0 radical (unpaired) electrons. The van der Waals surface area contributed by atoms with E-state index in [4.69, 9.17) is 10.5 Å². The number of rotatable bonds is 5. The van der Waals surface area contributed by atoms with Crippen LogP contribution in [-0.2, 0) is 11.3 Å². The van der Waals surface area contributed by atoms with Crippen LogP contribution in [0.1, 0.15) is 26.3 Å². The molecule has 1 aliphatic heterocycles. The van der Waals surface area contributed by atoms with Gasteiger partial charge in [-0.15, -0.1) is 11.3 Å². The molecule has 0 unspecified atom stereocenters. The van der Waals surface area contributed by atoms with Gasteiger partial charge in [-0.2, -0.15) is 0 Å². The van der Waals surface area contributed by atoms with Crippen LogP contribution in [0.25, 0.3) is 10.1 Å². The molecular weight excluding hydrogens is 470 g/mol. The predicted octanol–water partition coefficient (Wildman–Crippen LogP) is 3.55. The molecule has 1 fully saturated rings. The van der Waals surface area contributed by atoms with Gasteiger partial charge >= 0.3 is 0 Å². The number of halogens is 1. The first-order valence-electron chi connectivity index (χ1n) is 9.37. The summed E-state index contributed by atoms with van der Waals surface area (Å²) in [5.41, 5.74) is 7.39. The summed E-state index contributed by atoms with van der Waals surface area (Å²) in [6.45, 7) is 4.09. The predicted molar refractivity (Wildman–Crippen MR) is 120 cm³/mol. The first kappa shape index (κ1) is 20.8. The summed E-state index contributed by atoms with van der Waals surface area (Å²) < 4.78 is 6.46. The Morgan fingerprint density at radius 1 is 1.20 bits per heavy atom. The highest BCUT2D eigenvalue weighted by Crippen LogP contribution is 2.40. The maximum absolute atomic E-state index is 12.8. The van der Waals surface area contributed by atoms with Crippen LogP contribution in [0, 0.1) is 0 Å². The second kappa shape index (κ2) is 8.73. The number of hydrogen-bond donors (Lipinski definition) is 3. The maximum atomic E-state index is 12.8. The Morgan fingerprint density at radius 2 is 1.90 bits per heavy atom. The molecule has 0 spiro atoms. The molecule has 1 aliphatic rings. The van der Waals surface area contributed by atoms with Crippen molar-refractivity contribution in [2.45, 2.75) is 6.54 Å². The molecule has 3 aromatic rings. The van der Waals surface area contributed by atoms with E-state index in [0.29, 0.717) is 25.1 Å². The third-order valence-corrected chi connectivity index (χ3v) is 6.66. The van der Waals surface area contributed by atoms with Gasteiger partial charge < -0.3 is 20.9 Å². The molecule has 4 N–H and O–H groups in total. The van der Waals surface area contributed by atoms with Crippen LogP contribution in [0.2, 0.25) is 0 Å². The lowest BCUT2D eigenvalue weighted by Gasteiger charge is -2.26. The van der Waals surface area contributed by atoms with Crippen LogP contribution in [0.4, 0.5) is 5.00 Å². The largest absolute Gasteiger partial charge is 0.507 e. The average molecular weight is 490 g/mol. The van der Waals surface area contributed by atoms with Gasteiger partial charge in [-0.25, -0.2) is 0 Å². The fourth-order valence-electron chi connectivity index (χ4n) is 3.39.